The molecule has 0 aliphatic carbocycles. The molecule has 0 unspecified atom stereocenters. The molecule has 32 heavy (non-hydrogen) atoms. The van der Waals surface area contributed by atoms with Gasteiger partial charge < -0.3 is 5.32 Å². The fourth-order valence-corrected chi connectivity index (χ4v) is 3.73. The van der Waals surface area contributed by atoms with E-state index >= 15 is 0 Å². The Kier molecular flexibility index (Phi) is 5.00. The van der Waals surface area contributed by atoms with Crippen LogP contribution in [0.3, 0.4) is 0 Å². The number of amides is 1. The van der Waals surface area contributed by atoms with Crippen LogP contribution in [0.1, 0.15) is 16.1 Å². The maximum absolute atomic E-state index is 13.2. The summed E-state index contributed by atoms with van der Waals surface area (Å²) in [4.78, 5) is 12.9. The Balaban J connectivity index is 1.60. The van der Waals surface area contributed by atoms with Gasteiger partial charge >= 0.3 is 0 Å². The highest BCUT2D eigenvalue weighted by Crippen LogP contribution is 2.28. The van der Waals surface area contributed by atoms with Crippen molar-refractivity contribution in [3.8, 4) is 16.9 Å². The van der Waals surface area contributed by atoms with E-state index in [1.807, 2.05) is 49.4 Å². The molecule has 0 fully saturated rings. The number of carbonyl (C=O) groups excluding carboxylic acids is 1. The van der Waals surface area contributed by atoms with Crippen LogP contribution >= 0.6 is 0 Å². The van der Waals surface area contributed by atoms with Gasteiger partial charge in [-0.3, -0.25) is 4.79 Å². The van der Waals surface area contributed by atoms with Crippen molar-refractivity contribution in [3.05, 3.63) is 114 Å². The van der Waals surface area contributed by atoms with Crippen LogP contribution in [-0.2, 0) is 0 Å². The van der Waals surface area contributed by atoms with E-state index in [-0.39, 0.29) is 17.4 Å². The average molecular weight is 421 g/mol. The summed E-state index contributed by atoms with van der Waals surface area (Å²) in [7, 11) is 0. The number of benzene rings is 4. The van der Waals surface area contributed by atoms with Crippen molar-refractivity contribution >= 4 is 22.4 Å². The summed E-state index contributed by atoms with van der Waals surface area (Å²) >= 11 is 0. The third-order valence-corrected chi connectivity index (χ3v) is 5.34. The molecule has 1 aromatic heterocycles. The van der Waals surface area contributed by atoms with Crippen LogP contribution in [0.15, 0.2) is 97.1 Å². The Morgan fingerprint density at radius 1 is 0.844 bits per heavy atom. The molecule has 0 saturated carbocycles. The third kappa shape index (κ3) is 3.88. The van der Waals surface area contributed by atoms with E-state index in [0.29, 0.717) is 5.69 Å². The van der Waals surface area contributed by atoms with E-state index in [1.165, 1.54) is 24.3 Å². The van der Waals surface area contributed by atoms with Gasteiger partial charge in [0.1, 0.15) is 5.82 Å². The lowest BCUT2D eigenvalue weighted by Gasteiger charge is -2.09. The van der Waals surface area contributed by atoms with Gasteiger partial charge in [-0.1, -0.05) is 48.5 Å². The van der Waals surface area contributed by atoms with Gasteiger partial charge in [-0.15, -0.1) is 0 Å². The Bertz CT molecular complexity index is 1440. The number of halogens is 1. The van der Waals surface area contributed by atoms with E-state index in [0.717, 1.165) is 33.3 Å². The molecule has 0 saturated heterocycles. The summed E-state index contributed by atoms with van der Waals surface area (Å²) < 4.78 is 15.0. The molecule has 4 nitrogen and oxygen atoms in total. The maximum atomic E-state index is 13.2. The fourth-order valence-electron chi connectivity index (χ4n) is 3.73. The molecule has 1 heterocycles. The second-order valence-electron chi connectivity index (χ2n) is 7.69. The number of aryl methyl sites for hydroxylation is 1. The van der Waals surface area contributed by atoms with Crippen molar-refractivity contribution in [2.45, 2.75) is 6.92 Å². The highest BCUT2D eigenvalue weighted by Gasteiger charge is 2.17. The molecule has 0 spiro atoms. The summed E-state index contributed by atoms with van der Waals surface area (Å²) in [5.74, 6) is -0.713. The van der Waals surface area contributed by atoms with Crippen molar-refractivity contribution in [3.63, 3.8) is 0 Å². The first-order valence-corrected chi connectivity index (χ1v) is 10.3. The predicted molar refractivity (Wildman–Crippen MR) is 126 cm³/mol. The number of rotatable bonds is 4. The number of hydrogen-bond acceptors (Lipinski definition) is 2. The number of hydrogen-bond donors (Lipinski definition) is 1. The van der Waals surface area contributed by atoms with Crippen molar-refractivity contribution in [1.29, 1.82) is 0 Å². The molecule has 156 valence electrons. The predicted octanol–water partition coefficient (Wildman–Crippen LogP) is 6.39. The summed E-state index contributed by atoms with van der Waals surface area (Å²) in [5.41, 5.74) is 4.52. The smallest absolute Gasteiger partial charge is 0.276 e. The van der Waals surface area contributed by atoms with Crippen molar-refractivity contribution in [1.82, 2.24) is 9.78 Å². The Labute approximate surface area is 184 Å². The van der Waals surface area contributed by atoms with Gasteiger partial charge in [0, 0.05) is 11.3 Å². The minimum Gasteiger partial charge on any atom is -0.321 e. The first kappa shape index (κ1) is 19.7. The molecule has 1 amide bonds. The van der Waals surface area contributed by atoms with Crippen molar-refractivity contribution in [2.24, 2.45) is 0 Å². The number of aromatic nitrogens is 2. The highest BCUT2D eigenvalue weighted by atomic mass is 19.1. The van der Waals surface area contributed by atoms with Crippen LogP contribution < -0.4 is 5.32 Å². The van der Waals surface area contributed by atoms with E-state index in [9.17, 15) is 9.18 Å². The zero-order chi connectivity index (χ0) is 22.1. The lowest BCUT2D eigenvalue weighted by molar-refractivity contribution is 0.102. The lowest BCUT2D eigenvalue weighted by Crippen LogP contribution is -2.13. The first-order chi connectivity index (χ1) is 15.6. The van der Waals surface area contributed by atoms with Gasteiger partial charge in [-0.25, -0.2) is 9.07 Å². The van der Waals surface area contributed by atoms with Gasteiger partial charge in [-0.2, -0.15) is 5.10 Å². The highest BCUT2D eigenvalue weighted by molar-refractivity contribution is 6.03. The first-order valence-electron chi connectivity index (χ1n) is 10.3. The minimum atomic E-state index is -0.356. The van der Waals surface area contributed by atoms with Crippen molar-refractivity contribution in [2.75, 3.05) is 5.32 Å². The molecule has 5 aromatic rings. The van der Waals surface area contributed by atoms with E-state index in [1.54, 1.807) is 10.7 Å². The number of carbonyl (C=O) groups is 1. The van der Waals surface area contributed by atoms with E-state index in [4.69, 9.17) is 0 Å². The molecule has 1 N–H and O–H groups in total. The van der Waals surface area contributed by atoms with Crippen molar-refractivity contribution < 1.29 is 9.18 Å². The quantitative estimate of drug-likeness (QED) is 0.365. The zero-order valence-corrected chi connectivity index (χ0v) is 17.4. The van der Waals surface area contributed by atoms with Gasteiger partial charge in [0.05, 0.1) is 11.4 Å². The normalized spacial score (nSPS) is 10.9. The van der Waals surface area contributed by atoms with Gasteiger partial charge in [0.25, 0.3) is 5.91 Å². The molecule has 0 aliphatic heterocycles. The summed E-state index contributed by atoms with van der Waals surface area (Å²) in [6, 6.07) is 29.8. The van der Waals surface area contributed by atoms with Crippen LogP contribution in [0.25, 0.3) is 27.7 Å². The van der Waals surface area contributed by atoms with Gasteiger partial charge in [0.2, 0.25) is 0 Å². The van der Waals surface area contributed by atoms with E-state index < -0.39 is 0 Å². The van der Waals surface area contributed by atoms with Crippen LogP contribution in [0.2, 0.25) is 0 Å². The Morgan fingerprint density at radius 2 is 1.62 bits per heavy atom. The van der Waals surface area contributed by atoms with Gasteiger partial charge in [-0.05, 0) is 71.8 Å². The number of anilines is 1. The van der Waals surface area contributed by atoms with E-state index in [2.05, 4.69) is 34.7 Å². The van der Waals surface area contributed by atoms with Crippen LogP contribution in [-0.4, -0.2) is 15.7 Å². The van der Waals surface area contributed by atoms with Crippen LogP contribution in [0.5, 0.6) is 0 Å². The molecule has 0 aliphatic rings. The minimum absolute atomic E-state index is 0.277. The maximum Gasteiger partial charge on any atom is 0.276 e. The number of nitrogens with zero attached hydrogens (tertiary/aromatic N) is 2. The van der Waals surface area contributed by atoms with Gasteiger partial charge in [0.15, 0.2) is 5.69 Å². The molecule has 0 bridgehead atoms. The molecule has 0 atom stereocenters. The number of fused-ring (bicyclic) bond motifs is 1. The largest absolute Gasteiger partial charge is 0.321 e. The second-order valence-corrected chi connectivity index (χ2v) is 7.69. The monoisotopic (exact) mass is 421 g/mol. The molecule has 4 aromatic carbocycles. The topological polar surface area (TPSA) is 46.9 Å². The fraction of sp³-hybridized carbons (Fsp3) is 0.0370. The Morgan fingerprint density at radius 3 is 2.41 bits per heavy atom. The number of nitrogens with one attached hydrogen (secondary N) is 1. The third-order valence-electron chi connectivity index (χ3n) is 5.34. The standard InChI is InChI=1S/C27H20FN3O/c1-18-5-4-8-24(15-18)31-26(21-10-9-19-6-2-3-7-20(19)16-21)17-25(30-31)27(32)29-23-13-11-22(28)12-14-23/h2-17H,1H3,(H,29,32). The second kappa shape index (κ2) is 8.12. The molecule has 5 rings (SSSR count). The zero-order valence-electron chi connectivity index (χ0n) is 17.4. The Hall–Kier alpha value is -4.25. The van der Waals surface area contributed by atoms with Crippen LogP contribution in [0.4, 0.5) is 10.1 Å². The average Bonchev–Trinajstić information content (AvgIpc) is 3.26. The SMILES string of the molecule is Cc1cccc(-n2nc(C(=O)Nc3ccc(F)cc3)cc2-c2ccc3ccccc3c2)c1. The molecular weight excluding hydrogens is 401 g/mol. The summed E-state index contributed by atoms with van der Waals surface area (Å²) in [6.45, 7) is 2.02. The molecule has 0 radical (unpaired) electrons. The lowest BCUT2D eigenvalue weighted by atomic mass is 10.0. The van der Waals surface area contributed by atoms with Crippen LogP contribution in [0, 0.1) is 12.7 Å². The summed E-state index contributed by atoms with van der Waals surface area (Å²) in [5, 5.41) is 9.67. The molecule has 5 heteroatoms. The molecular formula is C27H20FN3O. The summed E-state index contributed by atoms with van der Waals surface area (Å²) in [6.07, 6.45) is 0.